The average molecular weight is 322 g/mol. The number of hydrogen-bond donors (Lipinski definition) is 0. The monoisotopic (exact) mass is 322 g/mol. The number of para-hydroxylation sites is 1. The van der Waals surface area contributed by atoms with Crippen LogP contribution in [0.4, 0.5) is 5.69 Å². The highest BCUT2D eigenvalue weighted by Gasteiger charge is 2.36. The van der Waals surface area contributed by atoms with Gasteiger partial charge in [0, 0.05) is 30.7 Å². The molecule has 1 aromatic carbocycles. The Hall–Kier alpha value is -1.40. The summed E-state index contributed by atoms with van der Waals surface area (Å²) in [6.07, 6.45) is 3.34. The van der Waals surface area contributed by atoms with Gasteiger partial charge in [-0.05, 0) is 37.8 Å². The Kier molecular flexibility index (Phi) is 3.99. The van der Waals surface area contributed by atoms with Crippen LogP contribution in [0.3, 0.4) is 0 Å². The number of piperidine rings is 1. The first-order chi connectivity index (χ1) is 10.4. The Morgan fingerprint density at radius 1 is 1.18 bits per heavy atom. The lowest BCUT2D eigenvalue weighted by Gasteiger charge is -2.33. The fourth-order valence-corrected chi connectivity index (χ4v) is 4.41. The molecule has 1 aromatic rings. The van der Waals surface area contributed by atoms with Crippen molar-refractivity contribution in [3.8, 4) is 0 Å². The second kappa shape index (κ2) is 5.66. The van der Waals surface area contributed by atoms with Crippen LogP contribution in [0.1, 0.15) is 25.3 Å². The van der Waals surface area contributed by atoms with Gasteiger partial charge in [0.05, 0.1) is 6.26 Å². The highest BCUT2D eigenvalue weighted by Crippen LogP contribution is 2.34. The first kappa shape index (κ1) is 15.5. The number of rotatable bonds is 2. The summed E-state index contributed by atoms with van der Waals surface area (Å²) in [4.78, 5) is 14.8. The fraction of sp³-hybridized carbons (Fsp3) is 0.562. The van der Waals surface area contributed by atoms with Gasteiger partial charge in [0.15, 0.2) is 0 Å². The number of carbonyl (C=O) groups is 1. The summed E-state index contributed by atoms with van der Waals surface area (Å²) in [6.45, 7) is 2.96. The molecule has 0 spiro atoms. The number of amides is 1. The first-order valence-electron chi connectivity index (χ1n) is 7.74. The fourth-order valence-electron chi connectivity index (χ4n) is 3.53. The van der Waals surface area contributed by atoms with Gasteiger partial charge in [-0.25, -0.2) is 12.7 Å². The van der Waals surface area contributed by atoms with Crippen molar-refractivity contribution in [2.45, 2.75) is 32.2 Å². The van der Waals surface area contributed by atoms with Gasteiger partial charge in [-0.2, -0.15) is 0 Å². The third kappa shape index (κ3) is 2.77. The van der Waals surface area contributed by atoms with Gasteiger partial charge in [-0.3, -0.25) is 4.79 Å². The molecule has 0 aromatic heterocycles. The van der Waals surface area contributed by atoms with E-state index in [4.69, 9.17) is 0 Å². The molecule has 120 valence electrons. The van der Waals surface area contributed by atoms with Crippen LogP contribution < -0.4 is 4.90 Å². The standard InChI is InChI=1S/C16H22N2O3S/c1-12-11-14-5-3-4-6-15(14)18(12)16(19)13-7-9-17(10-8-13)22(2,20)21/h3-6,12-13H,7-11H2,1-2H3/t12-/m0/s1. The van der Waals surface area contributed by atoms with E-state index in [0.29, 0.717) is 25.9 Å². The van der Waals surface area contributed by atoms with Crippen LogP contribution in [-0.2, 0) is 21.2 Å². The SMILES string of the molecule is C[C@H]1Cc2ccccc2N1C(=O)C1CCN(S(C)(=O)=O)CC1. The van der Waals surface area contributed by atoms with Crippen LogP contribution in [0, 0.1) is 5.92 Å². The van der Waals surface area contributed by atoms with Crippen LogP contribution >= 0.6 is 0 Å². The van der Waals surface area contributed by atoms with Crippen LogP contribution in [0.15, 0.2) is 24.3 Å². The van der Waals surface area contributed by atoms with Gasteiger partial charge < -0.3 is 4.90 Å². The van der Waals surface area contributed by atoms with Crippen molar-refractivity contribution in [2.75, 3.05) is 24.2 Å². The molecular weight excluding hydrogens is 300 g/mol. The maximum atomic E-state index is 12.9. The molecule has 0 saturated carbocycles. The van der Waals surface area contributed by atoms with Crippen molar-refractivity contribution in [1.29, 1.82) is 0 Å². The Bertz CT molecular complexity index is 678. The largest absolute Gasteiger partial charge is 0.309 e. The minimum absolute atomic E-state index is 0.0772. The van der Waals surface area contributed by atoms with Gasteiger partial charge in [0.2, 0.25) is 15.9 Å². The van der Waals surface area contributed by atoms with Gasteiger partial charge in [-0.1, -0.05) is 18.2 Å². The number of nitrogens with zero attached hydrogens (tertiary/aromatic N) is 2. The number of anilines is 1. The van der Waals surface area contributed by atoms with Crippen molar-refractivity contribution in [3.63, 3.8) is 0 Å². The molecule has 2 aliphatic heterocycles. The molecule has 1 fully saturated rings. The third-order valence-corrected chi connectivity index (χ3v) is 6.02. The molecule has 0 bridgehead atoms. The van der Waals surface area contributed by atoms with Crippen LogP contribution in [0.2, 0.25) is 0 Å². The van der Waals surface area contributed by atoms with E-state index in [9.17, 15) is 13.2 Å². The maximum Gasteiger partial charge on any atom is 0.230 e. The van der Waals surface area contributed by atoms with Crippen molar-refractivity contribution in [2.24, 2.45) is 5.92 Å². The summed E-state index contributed by atoms with van der Waals surface area (Å²) < 4.78 is 24.6. The quantitative estimate of drug-likeness (QED) is 0.832. The van der Waals surface area contributed by atoms with E-state index < -0.39 is 10.0 Å². The average Bonchev–Trinajstić information content (AvgIpc) is 2.81. The number of benzene rings is 1. The second-order valence-corrected chi connectivity index (χ2v) is 8.31. The molecule has 1 amide bonds. The van der Waals surface area contributed by atoms with Crippen molar-refractivity contribution < 1.29 is 13.2 Å². The molecule has 3 rings (SSSR count). The highest BCUT2D eigenvalue weighted by molar-refractivity contribution is 7.88. The molecule has 2 aliphatic rings. The van der Waals surface area contributed by atoms with E-state index in [1.165, 1.54) is 16.1 Å². The van der Waals surface area contributed by atoms with E-state index in [2.05, 4.69) is 13.0 Å². The molecule has 0 unspecified atom stereocenters. The van der Waals surface area contributed by atoms with E-state index in [0.717, 1.165) is 12.1 Å². The topological polar surface area (TPSA) is 57.7 Å². The summed E-state index contributed by atoms with van der Waals surface area (Å²) in [5.41, 5.74) is 2.24. The normalized spacial score (nSPS) is 23.5. The number of hydrogen-bond acceptors (Lipinski definition) is 3. The molecule has 1 atom stereocenters. The number of sulfonamides is 1. The zero-order valence-electron chi connectivity index (χ0n) is 13.0. The summed E-state index contributed by atoms with van der Waals surface area (Å²) in [6, 6.07) is 8.22. The second-order valence-electron chi connectivity index (χ2n) is 6.33. The minimum Gasteiger partial charge on any atom is -0.309 e. The molecule has 1 saturated heterocycles. The zero-order valence-corrected chi connectivity index (χ0v) is 13.8. The summed E-state index contributed by atoms with van der Waals surface area (Å²) in [7, 11) is -3.15. The molecule has 6 heteroatoms. The van der Waals surface area contributed by atoms with Gasteiger partial charge >= 0.3 is 0 Å². The molecular formula is C16H22N2O3S. The van der Waals surface area contributed by atoms with E-state index in [-0.39, 0.29) is 17.9 Å². The lowest BCUT2D eigenvalue weighted by atomic mass is 9.96. The molecule has 0 N–H and O–H groups in total. The lowest BCUT2D eigenvalue weighted by Crippen LogP contribution is -2.45. The molecule has 22 heavy (non-hydrogen) atoms. The van der Waals surface area contributed by atoms with Crippen molar-refractivity contribution >= 4 is 21.6 Å². The maximum absolute atomic E-state index is 12.9. The lowest BCUT2D eigenvalue weighted by molar-refractivity contribution is -0.123. The Morgan fingerprint density at radius 2 is 1.82 bits per heavy atom. The summed E-state index contributed by atoms with van der Waals surface area (Å²) in [5, 5.41) is 0. The van der Waals surface area contributed by atoms with Crippen LogP contribution in [-0.4, -0.2) is 44.0 Å². The predicted molar refractivity (Wildman–Crippen MR) is 86.2 cm³/mol. The number of fused-ring (bicyclic) bond motifs is 1. The molecule has 5 nitrogen and oxygen atoms in total. The van der Waals surface area contributed by atoms with Gasteiger partial charge in [0.1, 0.15) is 0 Å². The Morgan fingerprint density at radius 3 is 2.45 bits per heavy atom. The molecule has 0 aliphatic carbocycles. The summed E-state index contributed by atoms with van der Waals surface area (Å²) >= 11 is 0. The van der Waals surface area contributed by atoms with Crippen molar-refractivity contribution in [1.82, 2.24) is 4.31 Å². The third-order valence-electron chi connectivity index (χ3n) is 4.72. The minimum atomic E-state index is -3.15. The number of carbonyl (C=O) groups excluding carboxylic acids is 1. The molecule has 2 heterocycles. The Balaban J connectivity index is 1.73. The Labute approximate surface area is 132 Å². The van der Waals surface area contributed by atoms with Crippen LogP contribution in [0.5, 0.6) is 0 Å². The van der Waals surface area contributed by atoms with Crippen LogP contribution in [0.25, 0.3) is 0 Å². The first-order valence-corrected chi connectivity index (χ1v) is 9.59. The van der Waals surface area contributed by atoms with E-state index in [1.807, 2.05) is 23.1 Å². The van der Waals surface area contributed by atoms with E-state index >= 15 is 0 Å². The predicted octanol–water partition coefficient (Wildman–Crippen LogP) is 1.64. The zero-order chi connectivity index (χ0) is 15.9. The van der Waals surface area contributed by atoms with E-state index in [1.54, 1.807) is 0 Å². The summed E-state index contributed by atoms with van der Waals surface area (Å²) in [5.74, 6) is 0.0669. The van der Waals surface area contributed by atoms with Gasteiger partial charge in [-0.15, -0.1) is 0 Å². The smallest absolute Gasteiger partial charge is 0.230 e. The van der Waals surface area contributed by atoms with Gasteiger partial charge in [0.25, 0.3) is 0 Å². The van der Waals surface area contributed by atoms with Crippen molar-refractivity contribution in [3.05, 3.63) is 29.8 Å². The highest BCUT2D eigenvalue weighted by atomic mass is 32.2. The molecule has 0 radical (unpaired) electrons.